The van der Waals surface area contributed by atoms with E-state index in [0.29, 0.717) is 17.1 Å². The van der Waals surface area contributed by atoms with E-state index < -0.39 is 6.10 Å². The highest BCUT2D eigenvalue weighted by atomic mass is 35.5. The summed E-state index contributed by atoms with van der Waals surface area (Å²) >= 11 is 7.61. The van der Waals surface area contributed by atoms with Crippen molar-refractivity contribution in [3.63, 3.8) is 0 Å². The molecule has 0 aromatic heterocycles. The first-order valence-corrected chi connectivity index (χ1v) is 10.2. The standard InChI is InChI=1S/C23H21ClN2OS/c24-20-5-2-4-19(14-20)23(27)16-26-12-11-17-7-9-21(10-8-17)28-22-6-1-3-18(13-22)15-25/h1-10,13-14,23,26-27H,11-12,16H2. The van der Waals surface area contributed by atoms with Crippen LogP contribution in [0.2, 0.25) is 5.02 Å². The van der Waals surface area contributed by atoms with Gasteiger partial charge < -0.3 is 10.4 Å². The minimum absolute atomic E-state index is 0.490. The van der Waals surface area contributed by atoms with E-state index in [1.165, 1.54) is 5.56 Å². The number of nitrogens with one attached hydrogen (secondary N) is 1. The Balaban J connectivity index is 1.45. The molecule has 0 amide bonds. The molecule has 0 spiro atoms. The van der Waals surface area contributed by atoms with Gasteiger partial charge in [-0.3, -0.25) is 0 Å². The third-order valence-corrected chi connectivity index (χ3v) is 5.52. The van der Waals surface area contributed by atoms with Crippen molar-refractivity contribution >= 4 is 23.4 Å². The topological polar surface area (TPSA) is 56.0 Å². The van der Waals surface area contributed by atoms with Gasteiger partial charge >= 0.3 is 0 Å². The lowest BCUT2D eigenvalue weighted by molar-refractivity contribution is 0.175. The third-order valence-electron chi connectivity index (χ3n) is 4.28. The first kappa shape index (κ1) is 20.4. The SMILES string of the molecule is N#Cc1cccc(Sc2ccc(CCNCC(O)c3cccc(Cl)c3)cc2)c1. The molecule has 0 aliphatic carbocycles. The first-order valence-electron chi connectivity index (χ1n) is 9.05. The molecule has 0 saturated carbocycles. The Labute approximate surface area is 175 Å². The van der Waals surface area contributed by atoms with Crippen LogP contribution in [0.1, 0.15) is 22.8 Å². The Morgan fingerprint density at radius 1 is 1.00 bits per heavy atom. The second kappa shape index (κ2) is 10.3. The summed E-state index contributed by atoms with van der Waals surface area (Å²) in [7, 11) is 0. The van der Waals surface area contributed by atoms with Crippen LogP contribution in [-0.4, -0.2) is 18.2 Å². The van der Waals surface area contributed by atoms with Crippen molar-refractivity contribution in [2.24, 2.45) is 0 Å². The van der Waals surface area contributed by atoms with Crippen molar-refractivity contribution in [1.82, 2.24) is 5.32 Å². The molecular weight excluding hydrogens is 388 g/mol. The maximum atomic E-state index is 10.2. The van der Waals surface area contributed by atoms with Crippen LogP contribution >= 0.6 is 23.4 Å². The van der Waals surface area contributed by atoms with Crippen LogP contribution in [0.4, 0.5) is 0 Å². The van der Waals surface area contributed by atoms with Crippen LogP contribution in [0.5, 0.6) is 0 Å². The van der Waals surface area contributed by atoms with Crippen molar-refractivity contribution < 1.29 is 5.11 Å². The van der Waals surface area contributed by atoms with Gasteiger partial charge in [0.1, 0.15) is 0 Å². The van der Waals surface area contributed by atoms with E-state index in [2.05, 4.69) is 35.7 Å². The molecule has 5 heteroatoms. The molecule has 3 nitrogen and oxygen atoms in total. The van der Waals surface area contributed by atoms with Crippen LogP contribution < -0.4 is 5.32 Å². The highest BCUT2D eigenvalue weighted by Crippen LogP contribution is 2.28. The molecule has 0 bridgehead atoms. The van der Waals surface area contributed by atoms with Gasteiger partial charge in [-0.25, -0.2) is 0 Å². The number of halogens is 1. The van der Waals surface area contributed by atoms with Gasteiger partial charge in [-0.1, -0.05) is 53.7 Å². The van der Waals surface area contributed by atoms with Gasteiger partial charge in [0, 0.05) is 21.4 Å². The second-order valence-electron chi connectivity index (χ2n) is 6.41. The summed E-state index contributed by atoms with van der Waals surface area (Å²) in [5, 5.41) is 23.1. The van der Waals surface area contributed by atoms with Gasteiger partial charge in [-0.05, 0) is 66.6 Å². The average Bonchev–Trinajstić information content (AvgIpc) is 2.72. The summed E-state index contributed by atoms with van der Waals surface area (Å²) in [4.78, 5) is 2.20. The van der Waals surface area contributed by atoms with Crippen molar-refractivity contribution in [3.8, 4) is 6.07 Å². The minimum Gasteiger partial charge on any atom is -0.387 e. The summed E-state index contributed by atoms with van der Waals surface area (Å²) in [5.74, 6) is 0. The molecular formula is C23H21ClN2OS. The lowest BCUT2D eigenvalue weighted by Gasteiger charge is -2.12. The number of nitriles is 1. The molecule has 0 radical (unpaired) electrons. The van der Waals surface area contributed by atoms with E-state index in [0.717, 1.165) is 28.3 Å². The molecule has 3 aromatic carbocycles. The summed E-state index contributed by atoms with van der Waals surface area (Å²) in [6.07, 6.45) is 0.318. The van der Waals surface area contributed by atoms with Crippen molar-refractivity contribution in [3.05, 3.63) is 94.5 Å². The quantitative estimate of drug-likeness (QED) is 0.501. The van der Waals surface area contributed by atoms with E-state index >= 15 is 0 Å². The number of aliphatic hydroxyl groups excluding tert-OH is 1. The molecule has 28 heavy (non-hydrogen) atoms. The zero-order valence-corrected chi connectivity index (χ0v) is 16.9. The highest BCUT2D eigenvalue weighted by Gasteiger charge is 2.07. The van der Waals surface area contributed by atoms with Crippen LogP contribution in [0, 0.1) is 11.3 Å². The number of hydrogen-bond donors (Lipinski definition) is 2. The molecule has 0 aliphatic rings. The van der Waals surface area contributed by atoms with Crippen LogP contribution in [0.3, 0.4) is 0 Å². The van der Waals surface area contributed by atoms with Gasteiger partial charge in [0.25, 0.3) is 0 Å². The fourth-order valence-corrected chi connectivity index (χ4v) is 3.87. The smallest absolute Gasteiger partial charge is 0.0992 e. The van der Waals surface area contributed by atoms with E-state index in [9.17, 15) is 5.11 Å². The molecule has 1 unspecified atom stereocenters. The van der Waals surface area contributed by atoms with Gasteiger partial charge in [0.2, 0.25) is 0 Å². The average molecular weight is 409 g/mol. The number of benzene rings is 3. The highest BCUT2D eigenvalue weighted by molar-refractivity contribution is 7.99. The molecule has 142 valence electrons. The third kappa shape index (κ3) is 6.12. The Morgan fingerprint density at radius 2 is 1.79 bits per heavy atom. The number of rotatable bonds is 8. The van der Waals surface area contributed by atoms with Crippen molar-refractivity contribution in [2.45, 2.75) is 22.3 Å². The number of nitrogens with zero attached hydrogens (tertiary/aromatic N) is 1. The van der Waals surface area contributed by atoms with Gasteiger partial charge in [0.05, 0.1) is 17.7 Å². The van der Waals surface area contributed by atoms with Gasteiger partial charge in [-0.15, -0.1) is 0 Å². The van der Waals surface area contributed by atoms with Gasteiger partial charge in [-0.2, -0.15) is 5.26 Å². The Bertz CT molecular complexity index is 953. The van der Waals surface area contributed by atoms with Crippen LogP contribution in [-0.2, 0) is 6.42 Å². The number of aliphatic hydroxyl groups is 1. The lowest BCUT2D eigenvalue weighted by Crippen LogP contribution is -2.23. The predicted octanol–water partition coefficient (Wildman–Crippen LogP) is 5.23. The number of hydrogen-bond acceptors (Lipinski definition) is 4. The lowest BCUT2D eigenvalue weighted by atomic mass is 10.1. The van der Waals surface area contributed by atoms with E-state index in [1.54, 1.807) is 23.9 Å². The fraction of sp³-hybridized carbons (Fsp3) is 0.174. The minimum atomic E-state index is -0.568. The maximum Gasteiger partial charge on any atom is 0.0992 e. The molecule has 3 aromatic rings. The molecule has 0 aliphatic heterocycles. The summed E-state index contributed by atoms with van der Waals surface area (Å²) < 4.78 is 0. The monoisotopic (exact) mass is 408 g/mol. The zero-order chi connectivity index (χ0) is 19.8. The molecule has 0 fully saturated rings. The predicted molar refractivity (Wildman–Crippen MR) is 115 cm³/mol. The summed E-state index contributed by atoms with van der Waals surface area (Å²) in [6.45, 7) is 1.28. The maximum absolute atomic E-state index is 10.2. The summed E-state index contributed by atoms with van der Waals surface area (Å²) in [5.41, 5.74) is 2.73. The fourth-order valence-electron chi connectivity index (χ4n) is 2.79. The van der Waals surface area contributed by atoms with Gasteiger partial charge in [0.15, 0.2) is 0 Å². The molecule has 0 saturated heterocycles. The normalized spacial score (nSPS) is 11.8. The van der Waals surface area contributed by atoms with Crippen LogP contribution in [0.25, 0.3) is 0 Å². The molecule has 3 rings (SSSR count). The largest absolute Gasteiger partial charge is 0.387 e. The molecule has 0 heterocycles. The van der Waals surface area contributed by atoms with Crippen molar-refractivity contribution in [1.29, 1.82) is 5.26 Å². The van der Waals surface area contributed by atoms with E-state index in [-0.39, 0.29) is 0 Å². The Hall–Kier alpha value is -2.29. The van der Waals surface area contributed by atoms with Crippen LogP contribution in [0.15, 0.2) is 82.6 Å². The van der Waals surface area contributed by atoms with Crippen molar-refractivity contribution in [2.75, 3.05) is 13.1 Å². The second-order valence-corrected chi connectivity index (χ2v) is 7.99. The Kier molecular flexibility index (Phi) is 7.53. The molecule has 2 N–H and O–H groups in total. The Morgan fingerprint density at radius 3 is 2.54 bits per heavy atom. The van der Waals surface area contributed by atoms with E-state index in [4.69, 9.17) is 16.9 Å². The van der Waals surface area contributed by atoms with E-state index in [1.807, 2.05) is 36.4 Å². The summed E-state index contributed by atoms with van der Waals surface area (Å²) in [6, 6.07) is 25.5. The molecule has 1 atom stereocenters. The first-order chi connectivity index (χ1) is 13.6. The zero-order valence-electron chi connectivity index (χ0n) is 15.3.